The lowest BCUT2D eigenvalue weighted by Crippen LogP contribution is -1.95. The lowest BCUT2D eigenvalue weighted by molar-refractivity contribution is 0.299. The summed E-state index contributed by atoms with van der Waals surface area (Å²) in [5, 5.41) is 11.0. The highest BCUT2D eigenvalue weighted by Crippen LogP contribution is 2.30. The van der Waals surface area contributed by atoms with E-state index in [-0.39, 0.29) is 6.61 Å². The molecule has 0 unspecified atom stereocenters. The first-order chi connectivity index (χ1) is 7.16. The summed E-state index contributed by atoms with van der Waals surface area (Å²) in [5.74, 6) is 0. The summed E-state index contributed by atoms with van der Waals surface area (Å²) in [5.41, 5.74) is 3.42. The Hall–Kier alpha value is -0.990. The molecule has 0 spiro atoms. The SMILES string of the molecule is Cc1c(CCO)c2cccc(Cl)c2n1C. The van der Waals surface area contributed by atoms with Crippen LogP contribution in [0.25, 0.3) is 10.9 Å². The van der Waals surface area contributed by atoms with E-state index in [0.717, 1.165) is 15.9 Å². The lowest BCUT2D eigenvalue weighted by Gasteiger charge is -2.00. The molecule has 1 heterocycles. The molecule has 0 bridgehead atoms. The van der Waals surface area contributed by atoms with Crippen molar-refractivity contribution < 1.29 is 5.11 Å². The zero-order valence-electron chi connectivity index (χ0n) is 8.92. The maximum atomic E-state index is 9.04. The first-order valence-electron chi connectivity index (χ1n) is 5.00. The molecule has 0 radical (unpaired) electrons. The number of hydrogen-bond acceptors (Lipinski definition) is 1. The second-order valence-electron chi connectivity index (χ2n) is 3.73. The molecule has 0 aliphatic rings. The van der Waals surface area contributed by atoms with E-state index < -0.39 is 0 Å². The molecule has 1 aromatic carbocycles. The zero-order valence-corrected chi connectivity index (χ0v) is 9.67. The van der Waals surface area contributed by atoms with Gasteiger partial charge in [0.1, 0.15) is 0 Å². The Labute approximate surface area is 94.1 Å². The van der Waals surface area contributed by atoms with Gasteiger partial charge in [0.25, 0.3) is 0 Å². The van der Waals surface area contributed by atoms with Gasteiger partial charge >= 0.3 is 0 Å². The fourth-order valence-corrected chi connectivity index (χ4v) is 2.39. The van der Waals surface area contributed by atoms with Gasteiger partial charge in [-0.3, -0.25) is 0 Å². The summed E-state index contributed by atoms with van der Waals surface area (Å²) in [6, 6.07) is 5.90. The van der Waals surface area contributed by atoms with Crippen LogP contribution in [0.1, 0.15) is 11.3 Å². The number of halogens is 1. The van der Waals surface area contributed by atoms with Gasteiger partial charge in [0, 0.05) is 24.7 Å². The highest BCUT2D eigenvalue weighted by molar-refractivity contribution is 6.35. The molecule has 0 fully saturated rings. The predicted octanol–water partition coefficient (Wildman–Crippen LogP) is 2.67. The first kappa shape index (κ1) is 10.5. The summed E-state index contributed by atoms with van der Waals surface area (Å²) in [6.45, 7) is 2.23. The molecule has 2 rings (SSSR count). The fourth-order valence-electron chi connectivity index (χ4n) is 2.09. The van der Waals surface area contributed by atoms with Gasteiger partial charge in [0.05, 0.1) is 10.5 Å². The molecule has 1 N–H and O–H groups in total. The monoisotopic (exact) mass is 223 g/mol. The van der Waals surface area contributed by atoms with Crippen molar-refractivity contribution in [3.8, 4) is 0 Å². The van der Waals surface area contributed by atoms with Gasteiger partial charge in [-0.15, -0.1) is 0 Å². The average Bonchev–Trinajstić information content (AvgIpc) is 2.45. The van der Waals surface area contributed by atoms with E-state index in [2.05, 4.69) is 17.6 Å². The smallest absolute Gasteiger partial charge is 0.0672 e. The van der Waals surface area contributed by atoms with Crippen LogP contribution in [-0.4, -0.2) is 16.3 Å². The molecule has 15 heavy (non-hydrogen) atoms. The molecular weight excluding hydrogens is 210 g/mol. The summed E-state index contributed by atoms with van der Waals surface area (Å²) in [7, 11) is 2.00. The van der Waals surface area contributed by atoms with Crippen molar-refractivity contribution in [3.05, 3.63) is 34.5 Å². The van der Waals surface area contributed by atoms with E-state index in [0.29, 0.717) is 6.42 Å². The average molecular weight is 224 g/mol. The van der Waals surface area contributed by atoms with E-state index in [9.17, 15) is 0 Å². The van der Waals surface area contributed by atoms with Crippen LogP contribution in [0, 0.1) is 6.92 Å². The number of benzene rings is 1. The molecule has 1 aromatic heterocycles. The quantitative estimate of drug-likeness (QED) is 0.832. The van der Waals surface area contributed by atoms with Gasteiger partial charge in [-0.05, 0) is 25.0 Å². The fraction of sp³-hybridized carbons (Fsp3) is 0.333. The molecule has 0 saturated heterocycles. The minimum atomic E-state index is 0.173. The molecule has 3 heteroatoms. The molecule has 0 atom stereocenters. The van der Waals surface area contributed by atoms with Crippen LogP contribution in [0.3, 0.4) is 0 Å². The van der Waals surface area contributed by atoms with Crippen molar-refractivity contribution in [2.75, 3.05) is 6.61 Å². The molecule has 2 aromatic rings. The number of para-hydroxylation sites is 1. The molecule has 0 amide bonds. The third kappa shape index (κ3) is 1.54. The Bertz CT molecular complexity index is 502. The Morgan fingerprint density at radius 3 is 2.80 bits per heavy atom. The molecule has 2 nitrogen and oxygen atoms in total. The molecule has 0 saturated carbocycles. The number of nitrogens with zero attached hydrogens (tertiary/aromatic N) is 1. The van der Waals surface area contributed by atoms with Crippen molar-refractivity contribution in [3.63, 3.8) is 0 Å². The minimum absolute atomic E-state index is 0.173. The maximum Gasteiger partial charge on any atom is 0.0672 e. The van der Waals surface area contributed by atoms with Crippen LogP contribution < -0.4 is 0 Å². The summed E-state index contributed by atoms with van der Waals surface area (Å²) >= 11 is 6.16. The van der Waals surface area contributed by atoms with Crippen LogP contribution in [0.15, 0.2) is 18.2 Å². The number of aliphatic hydroxyl groups excluding tert-OH is 1. The number of aryl methyl sites for hydroxylation is 1. The highest BCUT2D eigenvalue weighted by Gasteiger charge is 2.12. The number of fused-ring (bicyclic) bond motifs is 1. The van der Waals surface area contributed by atoms with Crippen LogP contribution in [0.4, 0.5) is 0 Å². The Kier molecular flexibility index (Phi) is 2.72. The maximum absolute atomic E-state index is 9.04. The highest BCUT2D eigenvalue weighted by atomic mass is 35.5. The number of rotatable bonds is 2. The summed E-state index contributed by atoms with van der Waals surface area (Å²) in [6.07, 6.45) is 0.684. The van der Waals surface area contributed by atoms with Crippen LogP contribution >= 0.6 is 11.6 Å². The third-order valence-electron chi connectivity index (χ3n) is 2.95. The van der Waals surface area contributed by atoms with Crippen LogP contribution in [0.2, 0.25) is 5.02 Å². The van der Waals surface area contributed by atoms with Gasteiger partial charge in [-0.1, -0.05) is 23.7 Å². The second kappa shape index (κ2) is 3.87. The minimum Gasteiger partial charge on any atom is -0.396 e. The predicted molar refractivity (Wildman–Crippen MR) is 63.5 cm³/mol. The Morgan fingerprint density at radius 2 is 2.13 bits per heavy atom. The van der Waals surface area contributed by atoms with Gasteiger partial charge < -0.3 is 9.67 Å². The molecule has 80 valence electrons. The largest absolute Gasteiger partial charge is 0.396 e. The number of hydrogen-bond donors (Lipinski definition) is 1. The van der Waals surface area contributed by atoms with Gasteiger partial charge in [-0.2, -0.15) is 0 Å². The van der Waals surface area contributed by atoms with E-state index >= 15 is 0 Å². The van der Waals surface area contributed by atoms with E-state index in [1.807, 2.05) is 19.2 Å². The summed E-state index contributed by atoms with van der Waals surface area (Å²) < 4.78 is 2.09. The van der Waals surface area contributed by atoms with E-state index in [1.165, 1.54) is 11.3 Å². The van der Waals surface area contributed by atoms with Crippen molar-refractivity contribution in [1.29, 1.82) is 0 Å². The zero-order chi connectivity index (χ0) is 11.0. The molecule has 0 aliphatic heterocycles. The van der Waals surface area contributed by atoms with Gasteiger partial charge in [0.15, 0.2) is 0 Å². The standard InChI is InChI=1S/C12H14ClNO/c1-8-9(6-7-15)10-4-3-5-11(13)12(10)14(8)2/h3-5,15H,6-7H2,1-2H3. The third-order valence-corrected chi connectivity index (χ3v) is 3.25. The second-order valence-corrected chi connectivity index (χ2v) is 4.14. The molecular formula is C12H14ClNO. The van der Waals surface area contributed by atoms with Crippen molar-refractivity contribution >= 4 is 22.5 Å². The van der Waals surface area contributed by atoms with Crippen LogP contribution in [0.5, 0.6) is 0 Å². The van der Waals surface area contributed by atoms with Crippen molar-refractivity contribution in [2.24, 2.45) is 7.05 Å². The lowest BCUT2D eigenvalue weighted by atomic mass is 10.1. The number of aromatic nitrogens is 1. The van der Waals surface area contributed by atoms with E-state index in [1.54, 1.807) is 0 Å². The number of aliphatic hydroxyl groups is 1. The topological polar surface area (TPSA) is 25.2 Å². The van der Waals surface area contributed by atoms with Crippen molar-refractivity contribution in [1.82, 2.24) is 4.57 Å². The summed E-state index contributed by atoms with van der Waals surface area (Å²) in [4.78, 5) is 0. The Morgan fingerprint density at radius 1 is 1.40 bits per heavy atom. The van der Waals surface area contributed by atoms with Crippen molar-refractivity contribution in [2.45, 2.75) is 13.3 Å². The first-order valence-corrected chi connectivity index (χ1v) is 5.38. The van der Waals surface area contributed by atoms with Gasteiger partial charge in [0.2, 0.25) is 0 Å². The normalized spacial score (nSPS) is 11.2. The van der Waals surface area contributed by atoms with Crippen LogP contribution in [-0.2, 0) is 13.5 Å². The van der Waals surface area contributed by atoms with E-state index in [4.69, 9.17) is 16.7 Å². The van der Waals surface area contributed by atoms with Gasteiger partial charge in [-0.25, -0.2) is 0 Å². The Balaban J connectivity index is 2.81. The molecule has 0 aliphatic carbocycles.